The van der Waals surface area contributed by atoms with Crippen molar-refractivity contribution >= 4 is 46.9 Å². The summed E-state index contributed by atoms with van der Waals surface area (Å²) in [6.45, 7) is 3.64. The fraction of sp³-hybridized carbons (Fsp3) is 0.270. The number of carboxylic acids is 1. The Morgan fingerprint density at radius 2 is 1.60 bits per heavy atom. The first-order valence-electron chi connectivity index (χ1n) is 15.7. The van der Waals surface area contributed by atoms with Crippen molar-refractivity contribution in [3.05, 3.63) is 106 Å². The summed E-state index contributed by atoms with van der Waals surface area (Å²) in [5.74, 6) is -1.74. The van der Waals surface area contributed by atoms with Gasteiger partial charge in [-0.2, -0.15) is 0 Å². The number of imidazole rings is 1. The highest BCUT2D eigenvalue weighted by atomic mass is 35.5. The molecule has 5 aromatic rings. The van der Waals surface area contributed by atoms with Crippen molar-refractivity contribution in [3.63, 3.8) is 0 Å². The first-order valence-corrected chi connectivity index (χ1v) is 16.0. The molecule has 7 nitrogen and oxygen atoms in total. The van der Waals surface area contributed by atoms with E-state index in [0.29, 0.717) is 28.0 Å². The summed E-state index contributed by atoms with van der Waals surface area (Å²) in [6.07, 6.45) is 5.09. The molecule has 1 heterocycles. The van der Waals surface area contributed by atoms with E-state index in [1.807, 2.05) is 18.4 Å². The van der Waals surface area contributed by atoms with Crippen LogP contribution in [0.5, 0.6) is 5.75 Å². The van der Waals surface area contributed by atoms with Crippen LogP contribution in [0.3, 0.4) is 0 Å². The summed E-state index contributed by atoms with van der Waals surface area (Å²) in [7, 11) is 0. The van der Waals surface area contributed by atoms with Gasteiger partial charge >= 0.3 is 5.97 Å². The van der Waals surface area contributed by atoms with E-state index in [2.05, 4.69) is 5.32 Å². The SMILES string of the molecule is CC(C)NC(=O)c1ccc(-c2ccc(Cl)cc2F)c(COc2ccc(-c3nc4cc(C(=O)O)ccc4n3C3CCCCC3)c(F)c2)c1.Cl. The molecule has 250 valence electrons. The number of fused-ring (bicyclic) bond motifs is 1. The molecule has 48 heavy (non-hydrogen) atoms. The molecule has 1 aromatic heterocycles. The minimum Gasteiger partial charge on any atom is -0.489 e. The molecule has 11 heteroatoms. The van der Waals surface area contributed by atoms with Crippen LogP contribution in [0.4, 0.5) is 8.78 Å². The number of carbonyl (C=O) groups is 2. The Morgan fingerprint density at radius 3 is 2.29 bits per heavy atom. The van der Waals surface area contributed by atoms with Crippen molar-refractivity contribution in [2.45, 2.75) is 64.6 Å². The lowest BCUT2D eigenvalue weighted by Crippen LogP contribution is -2.30. The Balaban J connectivity index is 0.00000451. The van der Waals surface area contributed by atoms with E-state index < -0.39 is 17.6 Å². The van der Waals surface area contributed by atoms with Gasteiger partial charge in [0.15, 0.2) is 0 Å². The number of hydrogen-bond donors (Lipinski definition) is 2. The Morgan fingerprint density at radius 1 is 0.917 bits per heavy atom. The minimum atomic E-state index is -1.05. The van der Waals surface area contributed by atoms with Crippen LogP contribution >= 0.6 is 24.0 Å². The lowest BCUT2D eigenvalue weighted by Gasteiger charge is -2.25. The van der Waals surface area contributed by atoms with Gasteiger partial charge in [-0.25, -0.2) is 18.6 Å². The number of aromatic nitrogens is 2. The normalized spacial score (nSPS) is 13.4. The van der Waals surface area contributed by atoms with E-state index in [0.717, 1.165) is 37.6 Å². The van der Waals surface area contributed by atoms with Crippen LogP contribution in [0.25, 0.3) is 33.5 Å². The predicted octanol–water partition coefficient (Wildman–Crippen LogP) is 9.64. The third-order valence-electron chi connectivity index (χ3n) is 8.46. The zero-order valence-electron chi connectivity index (χ0n) is 26.4. The summed E-state index contributed by atoms with van der Waals surface area (Å²) in [6, 6.07) is 18.7. The number of carbonyl (C=O) groups excluding carboxylic acids is 1. The number of amides is 1. The summed E-state index contributed by atoms with van der Waals surface area (Å²) < 4.78 is 39.0. The first-order chi connectivity index (χ1) is 22.6. The molecular weight excluding hydrogens is 659 g/mol. The second kappa shape index (κ2) is 14.7. The van der Waals surface area contributed by atoms with Crippen LogP contribution in [0, 0.1) is 11.6 Å². The van der Waals surface area contributed by atoms with Crippen LogP contribution in [-0.4, -0.2) is 32.6 Å². The molecule has 1 fully saturated rings. The molecule has 0 bridgehead atoms. The Labute approximate surface area is 288 Å². The van der Waals surface area contributed by atoms with Crippen LogP contribution in [0.15, 0.2) is 72.8 Å². The second-order valence-electron chi connectivity index (χ2n) is 12.2. The van der Waals surface area contributed by atoms with Gasteiger partial charge in [0.1, 0.15) is 29.8 Å². The van der Waals surface area contributed by atoms with E-state index in [-0.39, 0.29) is 64.5 Å². The van der Waals surface area contributed by atoms with Crippen molar-refractivity contribution in [1.29, 1.82) is 0 Å². The average Bonchev–Trinajstić information content (AvgIpc) is 3.42. The molecule has 2 N–H and O–H groups in total. The molecule has 0 spiro atoms. The number of nitrogens with zero attached hydrogens (tertiary/aromatic N) is 2. The van der Waals surface area contributed by atoms with E-state index in [1.165, 1.54) is 18.2 Å². The van der Waals surface area contributed by atoms with E-state index in [9.17, 15) is 19.1 Å². The maximum Gasteiger partial charge on any atom is 0.335 e. The monoisotopic (exact) mass is 693 g/mol. The van der Waals surface area contributed by atoms with Gasteiger partial charge in [0, 0.05) is 34.3 Å². The minimum absolute atomic E-state index is 0. The van der Waals surface area contributed by atoms with Crippen LogP contribution in [0.1, 0.15) is 78.3 Å². The molecule has 0 aliphatic heterocycles. The summed E-state index contributed by atoms with van der Waals surface area (Å²) in [5, 5.41) is 12.6. The second-order valence-corrected chi connectivity index (χ2v) is 12.6. The molecule has 0 unspecified atom stereocenters. The van der Waals surface area contributed by atoms with Gasteiger partial charge in [0.2, 0.25) is 0 Å². The van der Waals surface area contributed by atoms with Crippen LogP contribution in [0.2, 0.25) is 5.02 Å². The lowest BCUT2D eigenvalue weighted by atomic mass is 9.94. The van der Waals surface area contributed by atoms with E-state index >= 15 is 4.39 Å². The van der Waals surface area contributed by atoms with E-state index in [1.54, 1.807) is 54.6 Å². The molecule has 1 amide bonds. The average molecular weight is 695 g/mol. The van der Waals surface area contributed by atoms with E-state index in [4.69, 9.17) is 21.3 Å². The molecular formula is C37H35Cl2F2N3O4. The standard InChI is InChI=1S/C37H34ClF2N3O4.ClH/c1-21(2)41-36(44)22-8-12-28(29-13-10-25(38)18-31(29)39)24(16-22)20-47-27-11-14-30(32(40)19-27)35-42-33-17-23(37(45)46)9-15-34(33)43(35)26-6-4-3-5-7-26;/h8-19,21,26H,3-7,20H2,1-2H3,(H,41,44)(H,45,46);1H. The van der Waals surface area contributed by atoms with Crippen LogP contribution < -0.4 is 10.1 Å². The number of benzene rings is 4. The van der Waals surface area contributed by atoms with Crippen LogP contribution in [-0.2, 0) is 6.61 Å². The highest BCUT2D eigenvalue weighted by molar-refractivity contribution is 6.30. The molecule has 4 aromatic carbocycles. The number of ether oxygens (including phenoxy) is 1. The Kier molecular flexibility index (Phi) is 10.7. The number of nitrogens with one attached hydrogen (secondary N) is 1. The molecule has 0 atom stereocenters. The number of hydrogen-bond acceptors (Lipinski definition) is 4. The molecule has 6 rings (SSSR count). The quantitative estimate of drug-likeness (QED) is 0.160. The molecule has 1 aliphatic rings. The summed E-state index contributed by atoms with van der Waals surface area (Å²) in [5.41, 5.74) is 3.35. The molecule has 1 saturated carbocycles. The lowest BCUT2D eigenvalue weighted by molar-refractivity contribution is 0.0696. The fourth-order valence-corrected chi connectivity index (χ4v) is 6.39. The van der Waals surface area contributed by atoms with Crippen molar-refractivity contribution in [1.82, 2.24) is 14.9 Å². The maximum absolute atomic E-state index is 15.9. The van der Waals surface area contributed by atoms with Crippen molar-refractivity contribution in [2.24, 2.45) is 0 Å². The largest absolute Gasteiger partial charge is 0.489 e. The zero-order chi connectivity index (χ0) is 33.2. The number of rotatable bonds is 9. The third kappa shape index (κ3) is 7.32. The molecule has 1 aliphatic carbocycles. The Hall–Kier alpha value is -4.47. The van der Waals surface area contributed by atoms with Crippen molar-refractivity contribution < 1.29 is 28.2 Å². The fourth-order valence-electron chi connectivity index (χ4n) is 6.23. The highest BCUT2D eigenvalue weighted by Crippen LogP contribution is 2.38. The van der Waals surface area contributed by atoms with Gasteiger partial charge in [0.25, 0.3) is 5.91 Å². The smallest absolute Gasteiger partial charge is 0.335 e. The van der Waals surface area contributed by atoms with Gasteiger partial charge in [-0.1, -0.05) is 36.9 Å². The van der Waals surface area contributed by atoms with Gasteiger partial charge in [0.05, 0.1) is 22.2 Å². The summed E-state index contributed by atoms with van der Waals surface area (Å²) in [4.78, 5) is 29.2. The number of halogens is 4. The number of carboxylic acid groups (broad SMARTS) is 1. The predicted molar refractivity (Wildman–Crippen MR) is 185 cm³/mol. The van der Waals surface area contributed by atoms with Crippen molar-refractivity contribution in [3.8, 4) is 28.3 Å². The van der Waals surface area contributed by atoms with Gasteiger partial charge in [-0.3, -0.25) is 4.79 Å². The highest BCUT2D eigenvalue weighted by Gasteiger charge is 2.25. The topological polar surface area (TPSA) is 93.4 Å². The third-order valence-corrected chi connectivity index (χ3v) is 8.70. The van der Waals surface area contributed by atoms with Crippen molar-refractivity contribution in [2.75, 3.05) is 0 Å². The maximum atomic E-state index is 15.9. The zero-order valence-corrected chi connectivity index (χ0v) is 28.0. The first kappa shape index (κ1) is 34.9. The Bertz CT molecular complexity index is 1990. The summed E-state index contributed by atoms with van der Waals surface area (Å²) >= 11 is 5.99. The molecule has 0 saturated heterocycles. The number of aromatic carboxylic acids is 1. The molecule has 0 radical (unpaired) electrons. The van der Waals surface area contributed by atoms with Gasteiger partial charge < -0.3 is 19.7 Å². The van der Waals surface area contributed by atoms with Gasteiger partial charge in [-0.05, 0) is 98.5 Å². The van der Waals surface area contributed by atoms with Gasteiger partial charge in [-0.15, -0.1) is 12.4 Å².